The molecule has 2 rings (SSSR count). The molecular formula is C13H18F2N2. The van der Waals surface area contributed by atoms with Gasteiger partial charge in [-0.1, -0.05) is 13.0 Å². The molecule has 1 N–H and O–H groups in total. The predicted molar refractivity (Wildman–Crippen MR) is 63.7 cm³/mol. The second kappa shape index (κ2) is 5.56. The fourth-order valence-corrected chi connectivity index (χ4v) is 2.34. The van der Waals surface area contributed by atoms with E-state index in [1.54, 1.807) is 0 Å². The van der Waals surface area contributed by atoms with Crippen LogP contribution in [0.2, 0.25) is 0 Å². The van der Waals surface area contributed by atoms with E-state index in [4.69, 9.17) is 0 Å². The second-order valence-electron chi connectivity index (χ2n) is 4.41. The maximum absolute atomic E-state index is 13.6. The first-order valence-electron chi connectivity index (χ1n) is 6.10. The lowest BCUT2D eigenvalue weighted by Gasteiger charge is -2.27. The summed E-state index contributed by atoms with van der Waals surface area (Å²) >= 11 is 0. The molecule has 0 aromatic heterocycles. The van der Waals surface area contributed by atoms with Gasteiger partial charge in [-0.2, -0.15) is 0 Å². The minimum Gasteiger partial charge on any atom is -0.315 e. The number of hydrogen-bond acceptors (Lipinski definition) is 2. The highest BCUT2D eigenvalue weighted by Gasteiger charge is 2.22. The van der Waals surface area contributed by atoms with E-state index in [0.29, 0.717) is 12.6 Å². The van der Waals surface area contributed by atoms with Gasteiger partial charge in [0.25, 0.3) is 0 Å². The summed E-state index contributed by atoms with van der Waals surface area (Å²) in [5, 5.41) is 3.27. The summed E-state index contributed by atoms with van der Waals surface area (Å²) in [5.74, 6) is -0.899. The number of halogens is 2. The van der Waals surface area contributed by atoms with Gasteiger partial charge in [0.1, 0.15) is 11.6 Å². The van der Waals surface area contributed by atoms with Crippen LogP contribution >= 0.6 is 0 Å². The summed E-state index contributed by atoms with van der Waals surface area (Å²) in [4.78, 5) is 2.13. The van der Waals surface area contributed by atoms with Crippen LogP contribution in [0.3, 0.4) is 0 Å². The van der Waals surface area contributed by atoms with E-state index in [0.717, 1.165) is 26.1 Å². The first-order chi connectivity index (χ1) is 8.22. The molecule has 1 aromatic rings. The molecule has 1 saturated heterocycles. The summed E-state index contributed by atoms with van der Waals surface area (Å²) in [6, 6.07) is 4.43. The Balaban J connectivity index is 2.12. The predicted octanol–water partition coefficient (Wildman–Crippen LogP) is 2.15. The molecule has 0 radical (unpaired) electrons. The van der Waals surface area contributed by atoms with E-state index in [1.165, 1.54) is 18.2 Å². The monoisotopic (exact) mass is 240 g/mol. The van der Waals surface area contributed by atoms with Gasteiger partial charge in [0.2, 0.25) is 0 Å². The van der Waals surface area contributed by atoms with Crippen molar-refractivity contribution in [2.75, 3.05) is 19.6 Å². The third-order valence-corrected chi connectivity index (χ3v) is 3.38. The second-order valence-corrected chi connectivity index (χ2v) is 4.41. The zero-order valence-corrected chi connectivity index (χ0v) is 10.0. The van der Waals surface area contributed by atoms with Gasteiger partial charge in [0.05, 0.1) is 0 Å². The lowest BCUT2D eigenvalue weighted by Crippen LogP contribution is -2.36. The van der Waals surface area contributed by atoms with Crippen LogP contribution in [0, 0.1) is 11.6 Å². The van der Waals surface area contributed by atoms with Crippen molar-refractivity contribution >= 4 is 0 Å². The molecule has 1 aliphatic heterocycles. The third kappa shape index (κ3) is 2.82. The fraction of sp³-hybridized carbons (Fsp3) is 0.538. The molecule has 0 bridgehead atoms. The minimum absolute atomic E-state index is 0.182. The van der Waals surface area contributed by atoms with Crippen molar-refractivity contribution in [3.63, 3.8) is 0 Å². The van der Waals surface area contributed by atoms with Crippen LogP contribution in [0.25, 0.3) is 0 Å². The molecule has 1 unspecified atom stereocenters. The Morgan fingerprint density at radius 1 is 1.35 bits per heavy atom. The van der Waals surface area contributed by atoms with Crippen molar-refractivity contribution in [2.24, 2.45) is 0 Å². The first kappa shape index (κ1) is 12.5. The Bertz CT molecular complexity index is 355. The molecule has 0 aliphatic carbocycles. The van der Waals surface area contributed by atoms with Gasteiger partial charge in [-0.3, -0.25) is 4.90 Å². The lowest BCUT2D eigenvalue weighted by atomic mass is 10.1. The Labute approximate surface area is 101 Å². The topological polar surface area (TPSA) is 15.3 Å². The lowest BCUT2D eigenvalue weighted by molar-refractivity contribution is 0.205. The normalized spacial score (nSPS) is 20.1. The standard InChI is InChI=1S/C13H18F2N2/c1-2-17(10-6-7-16-8-10)9-11-12(14)4-3-5-13(11)15/h3-5,10,16H,2,6-9H2,1H3. The number of nitrogens with one attached hydrogen (secondary N) is 1. The maximum atomic E-state index is 13.6. The molecule has 0 saturated carbocycles. The summed E-state index contributed by atoms with van der Waals surface area (Å²) < 4.78 is 27.1. The number of benzene rings is 1. The van der Waals surface area contributed by atoms with Crippen molar-refractivity contribution in [2.45, 2.75) is 25.9 Å². The van der Waals surface area contributed by atoms with E-state index in [-0.39, 0.29) is 5.56 Å². The fourth-order valence-electron chi connectivity index (χ4n) is 2.34. The Morgan fingerprint density at radius 2 is 2.06 bits per heavy atom. The smallest absolute Gasteiger partial charge is 0.130 e. The summed E-state index contributed by atoms with van der Waals surface area (Å²) in [6.45, 7) is 5.07. The summed E-state index contributed by atoms with van der Waals surface area (Å²) in [5.41, 5.74) is 0.182. The highest BCUT2D eigenvalue weighted by Crippen LogP contribution is 2.18. The van der Waals surface area contributed by atoms with Crippen molar-refractivity contribution in [3.05, 3.63) is 35.4 Å². The molecular weight excluding hydrogens is 222 g/mol. The molecule has 1 heterocycles. The minimum atomic E-state index is -0.450. The highest BCUT2D eigenvalue weighted by molar-refractivity contribution is 5.19. The van der Waals surface area contributed by atoms with Crippen molar-refractivity contribution in [1.29, 1.82) is 0 Å². The molecule has 94 valence electrons. The molecule has 2 nitrogen and oxygen atoms in total. The maximum Gasteiger partial charge on any atom is 0.130 e. The van der Waals surface area contributed by atoms with Gasteiger partial charge in [0.15, 0.2) is 0 Å². The highest BCUT2D eigenvalue weighted by atomic mass is 19.1. The zero-order chi connectivity index (χ0) is 12.3. The Morgan fingerprint density at radius 3 is 2.59 bits per heavy atom. The molecule has 4 heteroatoms. The van der Waals surface area contributed by atoms with Crippen LogP contribution in [0.4, 0.5) is 8.78 Å². The average Bonchev–Trinajstić information content (AvgIpc) is 2.82. The van der Waals surface area contributed by atoms with Crippen LogP contribution in [0.15, 0.2) is 18.2 Å². The molecule has 1 atom stereocenters. The van der Waals surface area contributed by atoms with Crippen LogP contribution in [-0.4, -0.2) is 30.6 Å². The Hall–Kier alpha value is -1.00. The number of rotatable bonds is 4. The van der Waals surface area contributed by atoms with E-state index in [1.807, 2.05) is 6.92 Å². The number of hydrogen-bond donors (Lipinski definition) is 1. The molecule has 1 aliphatic rings. The first-order valence-corrected chi connectivity index (χ1v) is 6.10. The molecule has 1 aromatic carbocycles. The van der Waals surface area contributed by atoms with Crippen LogP contribution in [0.1, 0.15) is 18.9 Å². The zero-order valence-electron chi connectivity index (χ0n) is 10.0. The van der Waals surface area contributed by atoms with Gasteiger partial charge in [-0.05, 0) is 31.6 Å². The van der Waals surface area contributed by atoms with E-state index in [9.17, 15) is 8.78 Å². The van der Waals surface area contributed by atoms with E-state index >= 15 is 0 Å². The van der Waals surface area contributed by atoms with Gasteiger partial charge in [-0.15, -0.1) is 0 Å². The summed E-state index contributed by atoms with van der Waals surface area (Å²) in [6.07, 6.45) is 1.05. The van der Waals surface area contributed by atoms with Crippen molar-refractivity contribution < 1.29 is 8.78 Å². The SMILES string of the molecule is CCN(Cc1c(F)cccc1F)C1CCNC1. The number of likely N-dealkylation sites (N-methyl/N-ethyl adjacent to an activating group) is 1. The van der Waals surface area contributed by atoms with Gasteiger partial charge in [-0.25, -0.2) is 8.78 Å². The van der Waals surface area contributed by atoms with Crippen molar-refractivity contribution in [1.82, 2.24) is 10.2 Å². The van der Waals surface area contributed by atoms with E-state index in [2.05, 4.69) is 10.2 Å². The molecule has 0 spiro atoms. The molecule has 17 heavy (non-hydrogen) atoms. The largest absolute Gasteiger partial charge is 0.315 e. The quantitative estimate of drug-likeness (QED) is 0.867. The summed E-state index contributed by atoms with van der Waals surface area (Å²) in [7, 11) is 0. The Kier molecular flexibility index (Phi) is 4.07. The molecule has 0 amide bonds. The van der Waals surface area contributed by atoms with Crippen LogP contribution < -0.4 is 5.32 Å². The van der Waals surface area contributed by atoms with Crippen LogP contribution in [-0.2, 0) is 6.54 Å². The van der Waals surface area contributed by atoms with Gasteiger partial charge < -0.3 is 5.32 Å². The van der Waals surface area contributed by atoms with Gasteiger partial charge in [0, 0.05) is 24.7 Å². The van der Waals surface area contributed by atoms with Crippen molar-refractivity contribution in [3.8, 4) is 0 Å². The average molecular weight is 240 g/mol. The van der Waals surface area contributed by atoms with Gasteiger partial charge >= 0.3 is 0 Å². The number of nitrogens with zero attached hydrogens (tertiary/aromatic N) is 1. The van der Waals surface area contributed by atoms with E-state index < -0.39 is 11.6 Å². The van der Waals surface area contributed by atoms with Crippen LogP contribution in [0.5, 0.6) is 0 Å². The third-order valence-electron chi connectivity index (χ3n) is 3.38. The molecule has 1 fully saturated rings.